The maximum absolute atomic E-state index is 11.8. The summed E-state index contributed by atoms with van der Waals surface area (Å²) in [6, 6.07) is 0.312. The van der Waals surface area contributed by atoms with Crippen molar-refractivity contribution >= 4 is 15.7 Å². The van der Waals surface area contributed by atoms with Crippen LogP contribution in [0.25, 0.3) is 0 Å². The summed E-state index contributed by atoms with van der Waals surface area (Å²) in [5.74, 6) is -0.671. The number of likely N-dealkylation sites (N-methyl/N-ethyl adjacent to an activating group) is 1. The van der Waals surface area contributed by atoms with Crippen molar-refractivity contribution < 1.29 is 13.2 Å². The van der Waals surface area contributed by atoms with Crippen LogP contribution in [-0.2, 0) is 14.6 Å². The molecule has 0 aromatic carbocycles. The first-order valence-electron chi connectivity index (χ1n) is 6.11. The van der Waals surface area contributed by atoms with E-state index in [-0.39, 0.29) is 11.7 Å². The van der Waals surface area contributed by atoms with E-state index in [0.717, 1.165) is 19.2 Å². The molecule has 0 saturated carbocycles. The second-order valence-electron chi connectivity index (χ2n) is 4.65. The fraction of sp³-hybridized carbons (Fsp3) is 0.909. The van der Waals surface area contributed by atoms with Gasteiger partial charge in [0, 0.05) is 25.4 Å². The van der Waals surface area contributed by atoms with Gasteiger partial charge in [0.05, 0.1) is 0 Å². The second kappa shape index (κ2) is 6.35. The third-order valence-corrected chi connectivity index (χ3v) is 3.74. The van der Waals surface area contributed by atoms with E-state index in [2.05, 4.69) is 5.32 Å². The lowest BCUT2D eigenvalue weighted by molar-refractivity contribution is -0.128. The summed E-state index contributed by atoms with van der Waals surface area (Å²) in [6.07, 6.45) is 4.51. The Morgan fingerprint density at radius 1 is 1.41 bits per heavy atom. The van der Waals surface area contributed by atoms with Crippen LogP contribution in [0.4, 0.5) is 0 Å². The largest absolute Gasteiger partial charge is 0.341 e. The van der Waals surface area contributed by atoms with Crippen molar-refractivity contribution in [3.05, 3.63) is 0 Å². The van der Waals surface area contributed by atoms with Crippen molar-refractivity contribution in [2.24, 2.45) is 0 Å². The van der Waals surface area contributed by atoms with Crippen molar-refractivity contribution in [1.29, 1.82) is 0 Å². The van der Waals surface area contributed by atoms with Crippen molar-refractivity contribution in [3.63, 3.8) is 0 Å². The molecule has 5 nitrogen and oxygen atoms in total. The van der Waals surface area contributed by atoms with Gasteiger partial charge in [0.15, 0.2) is 9.84 Å². The fourth-order valence-electron chi connectivity index (χ4n) is 2.07. The predicted molar refractivity (Wildman–Crippen MR) is 67.6 cm³/mol. The van der Waals surface area contributed by atoms with Gasteiger partial charge < -0.3 is 10.2 Å². The molecule has 1 heterocycles. The lowest BCUT2D eigenvalue weighted by Crippen LogP contribution is -2.47. The monoisotopic (exact) mass is 262 g/mol. The van der Waals surface area contributed by atoms with Crippen LogP contribution >= 0.6 is 0 Å². The van der Waals surface area contributed by atoms with Crippen LogP contribution in [0.3, 0.4) is 0 Å². The van der Waals surface area contributed by atoms with Gasteiger partial charge in [-0.2, -0.15) is 0 Å². The first-order chi connectivity index (χ1) is 7.92. The van der Waals surface area contributed by atoms with Gasteiger partial charge in [0.2, 0.25) is 5.91 Å². The number of hydrogen-bond donors (Lipinski definition) is 1. The molecule has 1 atom stereocenters. The van der Waals surface area contributed by atoms with E-state index in [4.69, 9.17) is 0 Å². The van der Waals surface area contributed by atoms with Crippen LogP contribution in [0, 0.1) is 0 Å². The van der Waals surface area contributed by atoms with Crippen molar-refractivity contribution in [2.75, 3.05) is 31.6 Å². The molecule has 100 valence electrons. The number of nitrogens with one attached hydrogen (secondary N) is 1. The summed E-state index contributed by atoms with van der Waals surface area (Å²) in [4.78, 5) is 13.4. The molecule has 0 aliphatic carbocycles. The Morgan fingerprint density at radius 2 is 2.12 bits per heavy atom. The molecule has 1 fully saturated rings. The molecule has 1 unspecified atom stereocenters. The molecule has 1 rings (SSSR count). The molecule has 1 amide bonds. The molecule has 1 N–H and O–H groups in total. The third-order valence-electron chi connectivity index (χ3n) is 2.97. The molecular weight excluding hydrogens is 240 g/mol. The summed E-state index contributed by atoms with van der Waals surface area (Å²) in [5.41, 5.74) is 0. The molecule has 1 aliphatic rings. The van der Waals surface area contributed by atoms with E-state index in [9.17, 15) is 13.2 Å². The maximum atomic E-state index is 11.8. The third kappa shape index (κ3) is 5.50. The summed E-state index contributed by atoms with van der Waals surface area (Å²) in [7, 11) is -3.23. The maximum Gasteiger partial charge on any atom is 0.237 e. The fourth-order valence-corrected chi connectivity index (χ4v) is 2.70. The summed E-state index contributed by atoms with van der Waals surface area (Å²) in [6.45, 7) is 4.04. The summed E-state index contributed by atoms with van der Waals surface area (Å²) in [5, 5.41) is 3.36. The van der Waals surface area contributed by atoms with Gasteiger partial charge in [0.25, 0.3) is 0 Å². The number of carbonyl (C=O) groups is 1. The van der Waals surface area contributed by atoms with Crippen molar-refractivity contribution in [2.45, 2.75) is 32.2 Å². The highest BCUT2D eigenvalue weighted by Crippen LogP contribution is 2.08. The smallest absolute Gasteiger partial charge is 0.237 e. The molecule has 6 heteroatoms. The number of amides is 1. The molecule has 0 radical (unpaired) electrons. The Morgan fingerprint density at radius 3 is 2.59 bits per heavy atom. The van der Waals surface area contributed by atoms with Crippen LogP contribution in [0.15, 0.2) is 0 Å². The molecule has 0 bridgehead atoms. The van der Waals surface area contributed by atoms with Gasteiger partial charge >= 0.3 is 0 Å². The van der Waals surface area contributed by atoms with Gasteiger partial charge in [-0.05, 0) is 26.3 Å². The number of rotatable bonds is 5. The Kier molecular flexibility index (Phi) is 5.39. The van der Waals surface area contributed by atoms with E-state index in [0.29, 0.717) is 19.1 Å². The van der Waals surface area contributed by atoms with E-state index >= 15 is 0 Å². The predicted octanol–water partition coefficient (Wildman–Crippen LogP) is 0.0216. The molecular formula is C11H22N2O3S. The normalized spacial score (nSPS) is 21.2. The summed E-state index contributed by atoms with van der Waals surface area (Å²) < 4.78 is 22.2. The van der Waals surface area contributed by atoms with E-state index in [1.807, 2.05) is 6.92 Å². The standard InChI is InChI=1S/C11H22N2O3S/c1-3-13(11(14)9-17(2,15)16)8-10-6-4-5-7-12-10/h10,12H,3-9H2,1-2H3. The molecule has 1 saturated heterocycles. The lowest BCUT2D eigenvalue weighted by atomic mass is 10.0. The zero-order chi connectivity index (χ0) is 12.9. The van der Waals surface area contributed by atoms with Crippen LogP contribution in [0.1, 0.15) is 26.2 Å². The summed E-state index contributed by atoms with van der Waals surface area (Å²) >= 11 is 0. The van der Waals surface area contributed by atoms with Crippen molar-refractivity contribution in [1.82, 2.24) is 10.2 Å². The Hall–Kier alpha value is -0.620. The van der Waals surface area contributed by atoms with Crippen molar-refractivity contribution in [3.8, 4) is 0 Å². The average Bonchev–Trinajstić information content (AvgIpc) is 2.24. The number of nitrogens with zero attached hydrogens (tertiary/aromatic N) is 1. The highest BCUT2D eigenvalue weighted by atomic mass is 32.2. The highest BCUT2D eigenvalue weighted by molar-refractivity contribution is 7.91. The van der Waals surface area contributed by atoms with Gasteiger partial charge in [0.1, 0.15) is 5.75 Å². The number of piperidine rings is 1. The lowest BCUT2D eigenvalue weighted by Gasteiger charge is -2.29. The van der Waals surface area contributed by atoms with Crippen LogP contribution in [0.5, 0.6) is 0 Å². The quantitative estimate of drug-likeness (QED) is 0.758. The number of hydrogen-bond acceptors (Lipinski definition) is 4. The van der Waals surface area contributed by atoms with E-state index in [1.165, 1.54) is 12.8 Å². The Balaban J connectivity index is 2.49. The Bertz CT molecular complexity index is 348. The van der Waals surface area contributed by atoms with Crippen LogP contribution < -0.4 is 5.32 Å². The topological polar surface area (TPSA) is 66.5 Å². The zero-order valence-electron chi connectivity index (χ0n) is 10.6. The van der Waals surface area contributed by atoms with Gasteiger partial charge in [-0.15, -0.1) is 0 Å². The first kappa shape index (κ1) is 14.4. The van der Waals surface area contributed by atoms with Crippen LogP contribution in [-0.4, -0.2) is 56.9 Å². The minimum atomic E-state index is -3.23. The molecule has 0 spiro atoms. The van der Waals surface area contributed by atoms with E-state index < -0.39 is 9.84 Å². The molecule has 1 aliphatic heterocycles. The number of sulfone groups is 1. The zero-order valence-corrected chi connectivity index (χ0v) is 11.4. The van der Waals surface area contributed by atoms with Crippen LogP contribution in [0.2, 0.25) is 0 Å². The molecule has 0 aromatic rings. The van der Waals surface area contributed by atoms with Gasteiger partial charge in [-0.25, -0.2) is 8.42 Å². The van der Waals surface area contributed by atoms with E-state index in [1.54, 1.807) is 4.90 Å². The molecule has 0 aromatic heterocycles. The van der Waals surface area contributed by atoms with Gasteiger partial charge in [-0.1, -0.05) is 6.42 Å². The molecule has 17 heavy (non-hydrogen) atoms. The van der Waals surface area contributed by atoms with Gasteiger partial charge in [-0.3, -0.25) is 4.79 Å². The number of carbonyl (C=O) groups excluding carboxylic acids is 1. The minimum absolute atomic E-state index is 0.289. The first-order valence-corrected chi connectivity index (χ1v) is 8.17. The SMILES string of the molecule is CCN(CC1CCCCN1)C(=O)CS(C)(=O)=O. The second-order valence-corrected chi connectivity index (χ2v) is 6.79. The average molecular weight is 262 g/mol. The Labute approximate surface area is 103 Å². The minimum Gasteiger partial charge on any atom is -0.341 e. The highest BCUT2D eigenvalue weighted by Gasteiger charge is 2.21.